The first kappa shape index (κ1) is 27.3. The van der Waals surface area contributed by atoms with E-state index in [-0.39, 0.29) is 12.3 Å². The van der Waals surface area contributed by atoms with E-state index in [1.54, 1.807) is 19.2 Å². The molecule has 0 saturated carbocycles. The molecule has 2 aromatic carbocycles. The van der Waals surface area contributed by atoms with E-state index in [0.29, 0.717) is 16.7 Å². The largest absolute Gasteiger partial charge is 0.463 e. The van der Waals surface area contributed by atoms with Crippen LogP contribution < -0.4 is 10.2 Å². The number of rotatable bonds is 9. The number of carbonyl (C=O) groups is 1. The van der Waals surface area contributed by atoms with Gasteiger partial charge < -0.3 is 15.0 Å². The van der Waals surface area contributed by atoms with E-state index in [9.17, 15) is 14.9 Å². The highest BCUT2D eigenvalue weighted by Crippen LogP contribution is 2.44. The van der Waals surface area contributed by atoms with Gasteiger partial charge in [0.05, 0.1) is 34.4 Å². The minimum absolute atomic E-state index is 0.0225. The van der Waals surface area contributed by atoms with Crippen molar-refractivity contribution in [3.63, 3.8) is 0 Å². The minimum atomic E-state index is -0.500. The number of nitriles is 1. The van der Waals surface area contributed by atoms with Gasteiger partial charge in [0, 0.05) is 61.7 Å². The van der Waals surface area contributed by atoms with Crippen LogP contribution in [0.25, 0.3) is 0 Å². The summed E-state index contributed by atoms with van der Waals surface area (Å²) in [4.78, 5) is 28.8. The summed E-state index contributed by atoms with van der Waals surface area (Å²) < 4.78 is 10.1. The fourth-order valence-corrected chi connectivity index (χ4v) is 6.13. The van der Waals surface area contributed by atoms with Crippen LogP contribution in [0.5, 0.6) is 0 Å². The zero-order valence-electron chi connectivity index (χ0n) is 22.2. The van der Waals surface area contributed by atoms with Gasteiger partial charge in [-0.2, -0.15) is 9.64 Å². The van der Waals surface area contributed by atoms with E-state index in [1.807, 2.05) is 30.3 Å². The molecule has 1 aromatic heterocycles. The Hall–Kier alpha value is -4.27. The topological polar surface area (TPSA) is 125 Å². The van der Waals surface area contributed by atoms with Crippen molar-refractivity contribution in [1.29, 1.82) is 5.26 Å². The first-order chi connectivity index (χ1) is 19.5. The Balaban J connectivity index is 1.27. The molecule has 1 unspecified atom stereocenters. The Morgan fingerprint density at radius 2 is 2.00 bits per heavy atom. The van der Waals surface area contributed by atoms with Gasteiger partial charge >= 0.3 is 5.97 Å². The minimum Gasteiger partial charge on any atom is -0.463 e. The molecule has 206 valence electrons. The highest BCUT2D eigenvalue weighted by molar-refractivity contribution is 7.10. The van der Waals surface area contributed by atoms with Gasteiger partial charge in [-0.25, -0.2) is 4.79 Å². The first-order valence-electron chi connectivity index (χ1n) is 13.3. The number of aromatic nitrogens is 1. The average molecular weight is 559 g/mol. The Bertz CT molecular complexity index is 1450. The zero-order valence-corrected chi connectivity index (χ0v) is 23.0. The number of nitro benzene ring substituents is 1. The van der Waals surface area contributed by atoms with E-state index in [1.165, 1.54) is 23.7 Å². The number of nitrogens with zero attached hydrogens (tertiary/aromatic N) is 5. The van der Waals surface area contributed by atoms with E-state index in [0.717, 1.165) is 67.5 Å². The van der Waals surface area contributed by atoms with Gasteiger partial charge in [-0.15, -0.1) is 0 Å². The maximum absolute atomic E-state index is 12.9. The second kappa shape index (κ2) is 12.3. The van der Waals surface area contributed by atoms with Crippen molar-refractivity contribution in [3.8, 4) is 6.07 Å². The number of esters is 1. The molecule has 2 aliphatic heterocycles. The van der Waals surface area contributed by atoms with E-state index in [2.05, 4.69) is 21.2 Å². The zero-order chi connectivity index (χ0) is 28.1. The Morgan fingerprint density at radius 3 is 2.70 bits per heavy atom. The van der Waals surface area contributed by atoms with Gasteiger partial charge in [0.2, 0.25) is 0 Å². The van der Waals surface area contributed by atoms with Gasteiger partial charge in [0.15, 0.2) is 0 Å². The molecule has 5 rings (SSSR count). The molecule has 1 saturated heterocycles. The van der Waals surface area contributed by atoms with Crippen molar-refractivity contribution in [1.82, 2.24) is 9.27 Å². The van der Waals surface area contributed by atoms with Crippen molar-refractivity contribution in [2.75, 3.05) is 49.5 Å². The van der Waals surface area contributed by atoms with Crippen molar-refractivity contribution in [2.45, 2.75) is 25.7 Å². The number of benzene rings is 2. The summed E-state index contributed by atoms with van der Waals surface area (Å²) in [6, 6.07) is 16.3. The molecule has 3 aromatic rings. The summed E-state index contributed by atoms with van der Waals surface area (Å²) in [6.45, 7) is 6.64. The van der Waals surface area contributed by atoms with Gasteiger partial charge in [0.25, 0.3) is 5.69 Å². The van der Waals surface area contributed by atoms with E-state index < -0.39 is 16.8 Å². The molecule has 1 N–H and O–H groups in total. The smallest absolute Gasteiger partial charge is 0.336 e. The normalized spacial score (nSPS) is 16.9. The average Bonchev–Trinajstić information content (AvgIpc) is 3.40. The van der Waals surface area contributed by atoms with E-state index >= 15 is 0 Å². The Labute approximate surface area is 236 Å². The predicted octanol–water partition coefficient (Wildman–Crippen LogP) is 4.68. The fourth-order valence-electron chi connectivity index (χ4n) is 5.30. The molecule has 1 atom stereocenters. The molecule has 40 heavy (non-hydrogen) atoms. The van der Waals surface area contributed by atoms with Crippen LogP contribution in [0.15, 0.2) is 60.3 Å². The van der Waals surface area contributed by atoms with Crippen molar-refractivity contribution in [3.05, 3.63) is 92.8 Å². The Kier molecular flexibility index (Phi) is 8.38. The molecule has 10 nitrogen and oxygen atoms in total. The van der Waals surface area contributed by atoms with Crippen LogP contribution in [-0.2, 0) is 16.0 Å². The molecule has 0 radical (unpaired) electrons. The van der Waals surface area contributed by atoms with Crippen LogP contribution in [0, 0.1) is 21.4 Å². The fraction of sp³-hybridized carbons (Fsp3) is 0.345. The number of fused-ring (bicyclic) bond motifs is 1. The molecule has 0 aliphatic carbocycles. The highest BCUT2D eigenvalue weighted by Gasteiger charge is 2.35. The lowest BCUT2D eigenvalue weighted by Gasteiger charge is -2.36. The van der Waals surface area contributed by atoms with Gasteiger partial charge in [-0.05, 0) is 67.7 Å². The van der Waals surface area contributed by atoms with Crippen LogP contribution in [-0.4, -0.2) is 59.5 Å². The number of piperazine rings is 1. The molecule has 0 amide bonds. The van der Waals surface area contributed by atoms with E-state index in [4.69, 9.17) is 14.4 Å². The third kappa shape index (κ3) is 5.83. The number of aryl methyl sites for hydroxylation is 1. The van der Waals surface area contributed by atoms with Crippen LogP contribution >= 0.6 is 11.5 Å². The number of nitrogens with one attached hydrogen (secondary N) is 1. The van der Waals surface area contributed by atoms with Crippen molar-refractivity contribution in [2.24, 2.45) is 0 Å². The predicted molar refractivity (Wildman–Crippen MR) is 154 cm³/mol. The van der Waals surface area contributed by atoms with Crippen molar-refractivity contribution < 1.29 is 14.5 Å². The molecule has 0 bridgehead atoms. The summed E-state index contributed by atoms with van der Waals surface area (Å²) in [6.07, 6.45) is 3.26. The summed E-state index contributed by atoms with van der Waals surface area (Å²) in [5.74, 6) is -0.950. The maximum atomic E-state index is 12.9. The molecule has 0 spiro atoms. The SMILES string of the molecule is CCOC(=O)C1=CNc2snc(CCCN3CCN(c4ccc(C#N)cc4)CC3)c2C1c1cccc([N+](=O)[O-])c1. The highest BCUT2D eigenvalue weighted by atomic mass is 32.1. The number of hydrogen-bond acceptors (Lipinski definition) is 10. The number of carbonyl (C=O) groups excluding carboxylic acids is 1. The first-order valence-corrected chi connectivity index (χ1v) is 14.1. The summed E-state index contributed by atoms with van der Waals surface area (Å²) in [5, 5.41) is 24.6. The number of non-ortho nitro benzene ring substituents is 1. The second-order valence-corrected chi connectivity index (χ2v) is 10.5. The standard InChI is InChI=1S/C29H30N6O4S/c1-2-39-29(36)24-19-31-28-27(26(24)21-5-3-6-23(17-21)35(37)38)25(32-40-28)7-4-12-33-13-15-34(16-14-33)22-10-8-20(18-30)9-11-22/h3,5-6,8-11,17,19,26,31H,2,4,7,12-16H2,1H3. The molecule has 11 heteroatoms. The molecular formula is C29H30N6O4S. The van der Waals surface area contributed by atoms with Crippen LogP contribution in [0.4, 0.5) is 16.4 Å². The quantitative estimate of drug-likeness (QED) is 0.226. The number of ether oxygens (including phenoxy) is 1. The van der Waals surface area contributed by atoms with Gasteiger partial charge in [-0.3, -0.25) is 15.0 Å². The lowest BCUT2D eigenvalue weighted by atomic mass is 9.82. The molecule has 3 heterocycles. The monoisotopic (exact) mass is 558 g/mol. The molecular weight excluding hydrogens is 528 g/mol. The number of anilines is 2. The Morgan fingerprint density at radius 1 is 1.23 bits per heavy atom. The van der Waals surface area contributed by atoms with Gasteiger partial charge in [-0.1, -0.05) is 12.1 Å². The summed E-state index contributed by atoms with van der Waals surface area (Å²) in [5.41, 5.74) is 4.65. The van der Waals surface area contributed by atoms with Crippen LogP contribution in [0.2, 0.25) is 0 Å². The molecule has 2 aliphatic rings. The number of hydrogen-bond donors (Lipinski definition) is 1. The van der Waals surface area contributed by atoms with Crippen LogP contribution in [0.3, 0.4) is 0 Å². The second-order valence-electron chi connectivity index (χ2n) is 9.71. The lowest BCUT2D eigenvalue weighted by Crippen LogP contribution is -2.46. The number of nitro groups is 1. The summed E-state index contributed by atoms with van der Waals surface area (Å²) in [7, 11) is 0. The third-order valence-corrected chi connectivity index (χ3v) is 8.14. The molecule has 1 fully saturated rings. The lowest BCUT2D eigenvalue weighted by molar-refractivity contribution is -0.384. The van der Waals surface area contributed by atoms with Crippen LogP contribution in [0.1, 0.15) is 41.6 Å². The summed E-state index contributed by atoms with van der Waals surface area (Å²) >= 11 is 1.34. The maximum Gasteiger partial charge on any atom is 0.336 e. The van der Waals surface area contributed by atoms with Crippen molar-refractivity contribution >= 4 is 33.9 Å². The van der Waals surface area contributed by atoms with Gasteiger partial charge in [0.1, 0.15) is 5.00 Å². The third-order valence-electron chi connectivity index (χ3n) is 7.31.